The SMILES string of the molecule is CC(C)c1ccnc(-n2c3ccccc3c3ccc(Oc4cccc(N5ON(C(C)(C)C)c6ccccc65)c4)cc32)c1. The Kier molecular flexibility index (Phi) is 6.17. The highest BCUT2D eigenvalue weighted by Gasteiger charge is 2.35. The van der Waals surface area contributed by atoms with E-state index < -0.39 is 0 Å². The van der Waals surface area contributed by atoms with Gasteiger partial charge >= 0.3 is 0 Å². The predicted molar refractivity (Wildman–Crippen MR) is 171 cm³/mol. The lowest BCUT2D eigenvalue weighted by atomic mass is 10.1. The van der Waals surface area contributed by atoms with E-state index in [4.69, 9.17) is 14.7 Å². The van der Waals surface area contributed by atoms with Crippen LogP contribution in [0.25, 0.3) is 27.6 Å². The van der Waals surface area contributed by atoms with Crippen LogP contribution in [0.2, 0.25) is 0 Å². The lowest BCUT2D eigenvalue weighted by Gasteiger charge is -2.31. The summed E-state index contributed by atoms with van der Waals surface area (Å²) in [5, 5.41) is 6.16. The van der Waals surface area contributed by atoms with Crippen LogP contribution >= 0.6 is 0 Å². The van der Waals surface area contributed by atoms with Gasteiger partial charge in [0.15, 0.2) is 0 Å². The minimum absolute atomic E-state index is 0.212. The van der Waals surface area contributed by atoms with E-state index in [2.05, 4.69) is 99.8 Å². The fourth-order valence-corrected chi connectivity index (χ4v) is 5.63. The monoisotopic (exact) mass is 554 g/mol. The second-order valence-corrected chi connectivity index (χ2v) is 12.1. The van der Waals surface area contributed by atoms with Crippen molar-refractivity contribution in [3.63, 3.8) is 0 Å². The number of ether oxygens (including phenoxy) is 1. The Hall–Kier alpha value is -4.81. The normalized spacial score (nSPS) is 13.4. The molecular weight excluding hydrogens is 520 g/mol. The first kappa shape index (κ1) is 26.1. The number of aromatic nitrogens is 2. The standard InChI is InChI=1S/C36H34N4O2/c1-24(2)25-19-20-37-35(21-25)38-31-14-7-6-13-29(31)30-18-17-28(23-34(30)38)41-27-12-10-11-26(22-27)39-32-15-8-9-16-33(32)40(42-39)36(3,4)5/h6-24H,1-5H3. The van der Waals surface area contributed by atoms with Crippen LogP contribution in [0.15, 0.2) is 109 Å². The molecule has 0 atom stereocenters. The average Bonchev–Trinajstić information content (AvgIpc) is 3.54. The molecule has 210 valence electrons. The van der Waals surface area contributed by atoms with Crippen LogP contribution in [0.1, 0.15) is 46.1 Å². The van der Waals surface area contributed by atoms with Crippen molar-refractivity contribution >= 4 is 38.9 Å². The van der Waals surface area contributed by atoms with Crippen molar-refractivity contribution in [2.75, 3.05) is 10.1 Å². The molecule has 2 aromatic heterocycles. The number of anilines is 3. The third-order valence-corrected chi connectivity index (χ3v) is 7.69. The summed E-state index contributed by atoms with van der Waals surface area (Å²) in [4.78, 5) is 11.1. The maximum Gasteiger partial charge on any atom is 0.137 e. The minimum atomic E-state index is -0.212. The highest BCUT2D eigenvalue weighted by atomic mass is 16.9. The number of hydrogen-bond acceptors (Lipinski definition) is 5. The summed E-state index contributed by atoms with van der Waals surface area (Å²) in [7, 11) is 0. The summed E-state index contributed by atoms with van der Waals surface area (Å²) in [5.74, 6) is 2.79. The second-order valence-electron chi connectivity index (χ2n) is 12.1. The van der Waals surface area contributed by atoms with Crippen molar-refractivity contribution in [2.45, 2.75) is 46.1 Å². The summed E-state index contributed by atoms with van der Waals surface area (Å²) < 4.78 is 8.72. The van der Waals surface area contributed by atoms with Crippen LogP contribution in [-0.4, -0.2) is 15.1 Å². The fourth-order valence-electron chi connectivity index (χ4n) is 5.63. The molecule has 6 nitrogen and oxygen atoms in total. The second kappa shape index (κ2) is 9.93. The van der Waals surface area contributed by atoms with Crippen LogP contribution in [-0.2, 0) is 4.94 Å². The van der Waals surface area contributed by atoms with Crippen molar-refractivity contribution in [3.05, 3.63) is 115 Å². The summed E-state index contributed by atoms with van der Waals surface area (Å²) >= 11 is 0. The van der Waals surface area contributed by atoms with Crippen molar-refractivity contribution in [3.8, 4) is 17.3 Å². The molecule has 0 saturated heterocycles. The molecule has 42 heavy (non-hydrogen) atoms. The molecule has 0 bridgehead atoms. The van der Waals surface area contributed by atoms with Gasteiger partial charge in [-0.3, -0.25) is 4.57 Å². The molecule has 6 heteroatoms. The highest BCUT2D eigenvalue weighted by molar-refractivity contribution is 6.09. The summed E-state index contributed by atoms with van der Waals surface area (Å²) in [6.07, 6.45) is 1.90. The van der Waals surface area contributed by atoms with E-state index in [1.165, 1.54) is 10.9 Å². The number of para-hydroxylation sites is 3. The number of hydroxylamine groups is 1. The first-order valence-electron chi connectivity index (χ1n) is 14.4. The number of hydrogen-bond donors (Lipinski definition) is 0. The van der Waals surface area contributed by atoms with E-state index in [1.807, 2.05) is 58.8 Å². The predicted octanol–water partition coefficient (Wildman–Crippen LogP) is 9.70. The summed E-state index contributed by atoms with van der Waals surface area (Å²) in [6, 6.07) is 35.3. The number of nitrogens with zero attached hydrogens (tertiary/aromatic N) is 4. The van der Waals surface area contributed by atoms with Crippen molar-refractivity contribution in [2.24, 2.45) is 0 Å². The van der Waals surface area contributed by atoms with Gasteiger partial charge in [0.2, 0.25) is 0 Å². The van der Waals surface area contributed by atoms with Crippen molar-refractivity contribution in [1.29, 1.82) is 0 Å². The first-order valence-corrected chi connectivity index (χ1v) is 14.4. The van der Waals surface area contributed by atoms with E-state index in [0.717, 1.165) is 50.8 Å². The van der Waals surface area contributed by atoms with Gasteiger partial charge in [-0.05, 0) is 86.8 Å². The minimum Gasteiger partial charge on any atom is -0.457 e. The van der Waals surface area contributed by atoms with Gasteiger partial charge in [0, 0.05) is 29.1 Å². The first-order chi connectivity index (χ1) is 20.3. The van der Waals surface area contributed by atoms with Crippen LogP contribution in [0.4, 0.5) is 17.1 Å². The third kappa shape index (κ3) is 4.45. The van der Waals surface area contributed by atoms with E-state index in [1.54, 1.807) is 0 Å². The van der Waals surface area contributed by atoms with Gasteiger partial charge in [0.25, 0.3) is 0 Å². The molecule has 0 aliphatic carbocycles. The smallest absolute Gasteiger partial charge is 0.137 e. The Morgan fingerprint density at radius 1 is 0.714 bits per heavy atom. The van der Waals surface area contributed by atoms with Gasteiger partial charge in [-0.1, -0.05) is 50.2 Å². The Morgan fingerprint density at radius 2 is 1.45 bits per heavy atom. The Morgan fingerprint density at radius 3 is 2.26 bits per heavy atom. The van der Waals surface area contributed by atoms with Gasteiger partial charge < -0.3 is 4.74 Å². The Bertz CT molecular complexity index is 1940. The zero-order valence-electron chi connectivity index (χ0n) is 24.6. The maximum absolute atomic E-state index is 6.49. The van der Waals surface area contributed by atoms with Crippen LogP contribution in [0.3, 0.4) is 0 Å². The van der Waals surface area contributed by atoms with Gasteiger partial charge in [-0.15, -0.1) is 4.94 Å². The Labute approximate surface area is 246 Å². The average molecular weight is 555 g/mol. The quantitative estimate of drug-likeness (QED) is 0.212. The van der Waals surface area contributed by atoms with Gasteiger partial charge in [-0.25, -0.2) is 10.0 Å². The molecule has 0 N–H and O–H groups in total. The molecule has 0 radical (unpaired) electrons. The zero-order chi connectivity index (χ0) is 29.0. The summed E-state index contributed by atoms with van der Waals surface area (Å²) in [6.45, 7) is 10.8. The largest absolute Gasteiger partial charge is 0.457 e. The molecular formula is C36H34N4O2. The Balaban J connectivity index is 1.27. The number of pyridine rings is 1. The molecule has 0 saturated carbocycles. The lowest BCUT2D eigenvalue weighted by molar-refractivity contribution is 0.0842. The van der Waals surface area contributed by atoms with E-state index in [9.17, 15) is 0 Å². The van der Waals surface area contributed by atoms with Crippen LogP contribution < -0.4 is 14.9 Å². The molecule has 0 fully saturated rings. The van der Waals surface area contributed by atoms with Gasteiger partial charge in [-0.2, -0.15) is 5.06 Å². The molecule has 6 aromatic rings. The topological polar surface area (TPSA) is 42.8 Å². The summed E-state index contributed by atoms with van der Waals surface area (Å²) in [5.41, 5.74) is 6.12. The zero-order valence-corrected chi connectivity index (χ0v) is 24.6. The van der Waals surface area contributed by atoms with Crippen LogP contribution in [0.5, 0.6) is 11.5 Å². The fraction of sp³-hybridized carbons (Fsp3) is 0.194. The molecule has 0 amide bonds. The maximum atomic E-state index is 6.49. The van der Waals surface area contributed by atoms with Gasteiger partial charge in [0.05, 0.1) is 33.6 Å². The van der Waals surface area contributed by atoms with Gasteiger partial charge in [0.1, 0.15) is 17.3 Å². The van der Waals surface area contributed by atoms with E-state index in [-0.39, 0.29) is 5.54 Å². The third-order valence-electron chi connectivity index (χ3n) is 7.69. The lowest BCUT2D eigenvalue weighted by Crippen LogP contribution is -2.41. The van der Waals surface area contributed by atoms with E-state index in [0.29, 0.717) is 5.92 Å². The molecule has 0 spiro atoms. The highest BCUT2D eigenvalue weighted by Crippen LogP contribution is 2.45. The van der Waals surface area contributed by atoms with Crippen LogP contribution in [0, 0.1) is 0 Å². The molecule has 0 unspecified atom stereocenters. The molecule has 3 heterocycles. The molecule has 1 aliphatic heterocycles. The number of fused-ring (bicyclic) bond motifs is 4. The van der Waals surface area contributed by atoms with Crippen molar-refractivity contribution < 1.29 is 9.68 Å². The molecule has 7 rings (SSSR count). The number of rotatable bonds is 5. The molecule has 1 aliphatic rings. The number of benzene rings is 4. The van der Waals surface area contributed by atoms with Crippen molar-refractivity contribution in [1.82, 2.24) is 9.55 Å². The molecule has 4 aromatic carbocycles. The van der Waals surface area contributed by atoms with E-state index >= 15 is 0 Å².